The molecule has 0 aromatic rings. The lowest BCUT2D eigenvalue weighted by atomic mass is 9.46. The largest absolute Gasteiger partial charge is 0.457 e. The van der Waals surface area contributed by atoms with Gasteiger partial charge in [0, 0.05) is 19.8 Å². The van der Waals surface area contributed by atoms with Gasteiger partial charge in [-0.05, 0) is 137 Å². The van der Waals surface area contributed by atoms with Crippen LogP contribution >= 0.6 is 0 Å². The van der Waals surface area contributed by atoms with E-state index in [1.54, 1.807) is 13.8 Å². The summed E-state index contributed by atoms with van der Waals surface area (Å²) in [5, 5.41) is 14.0. The Balaban J connectivity index is 0.00000329. The average molecular weight is 588 g/mol. The number of nitrogens with one attached hydrogen (secondary N) is 1. The van der Waals surface area contributed by atoms with E-state index in [2.05, 4.69) is 26.1 Å². The summed E-state index contributed by atoms with van der Waals surface area (Å²) in [4.78, 5) is 24.7. The highest BCUT2D eigenvalue weighted by molar-refractivity contribution is 5.68. The number of hydrogen-bond acceptors (Lipinski definition) is 6. The minimum absolute atomic E-state index is 0. The van der Waals surface area contributed by atoms with E-state index < -0.39 is 11.7 Å². The normalized spacial score (nSPS) is 47.7. The molecule has 7 aliphatic rings. The van der Waals surface area contributed by atoms with Gasteiger partial charge in [-0.15, -0.1) is 0 Å². The maximum atomic E-state index is 12.8. The van der Waals surface area contributed by atoms with Crippen molar-refractivity contribution in [1.29, 1.82) is 0 Å². The van der Waals surface area contributed by atoms with E-state index in [-0.39, 0.29) is 37.2 Å². The summed E-state index contributed by atoms with van der Waals surface area (Å²) < 4.78 is 18.6. The average Bonchev–Trinajstić information content (AvgIpc) is 3.46. The Bertz CT molecular complexity index is 1120. The lowest BCUT2D eigenvalue weighted by Crippen LogP contribution is -2.56. The zero-order valence-corrected chi connectivity index (χ0v) is 26.9. The van der Waals surface area contributed by atoms with Gasteiger partial charge < -0.3 is 24.6 Å². The summed E-state index contributed by atoms with van der Waals surface area (Å²) in [6.45, 7) is 12.2. The molecule has 8 unspecified atom stereocenters. The quantitative estimate of drug-likeness (QED) is 0.344. The molecule has 7 rings (SSSR count). The number of rotatable bonds is 5. The number of carbonyl (C=O) groups is 2. The van der Waals surface area contributed by atoms with Crippen LogP contribution in [0.2, 0.25) is 0 Å². The van der Waals surface area contributed by atoms with Crippen molar-refractivity contribution in [3.8, 4) is 0 Å². The van der Waals surface area contributed by atoms with Crippen LogP contribution in [0.15, 0.2) is 0 Å². The molecule has 7 heteroatoms. The second-order valence-electron chi connectivity index (χ2n) is 17.2. The molecule has 0 bridgehead atoms. The van der Waals surface area contributed by atoms with E-state index in [1.807, 2.05) is 0 Å². The molecule has 0 aromatic heterocycles. The van der Waals surface area contributed by atoms with Gasteiger partial charge in [0.2, 0.25) is 0 Å². The van der Waals surface area contributed by atoms with Crippen molar-refractivity contribution in [2.45, 2.75) is 161 Å². The highest BCUT2D eigenvalue weighted by atomic mass is 16.6. The van der Waals surface area contributed by atoms with Crippen molar-refractivity contribution in [2.75, 3.05) is 0 Å². The summed E-state index contributed by atoms with van der Waals surface area (Å²) in [6, 6.07) is 0.311. The molecule has 6 aliphatic carbocycles. The molecule has 6 saturated carbocycles. The number of amides is 1. The van der Waals surface area contributed by atoms with Gasteiger partial charge in [0.15, 0.2) is 6.10 Å². The maximum absolute atomic E-state index is 12.8. The molecule has 42 heavy (non-hydrogen) atoms. The Labute approximate surface area is 254 Å². The molecule has 11 atom stereocenters. The van der Waals surface area contributed by atoms with Gasteiger partial charge >= 0.3 is 12.1 Å². The second-order valence-corrected chi connectivity index (χ2v) is 17.2. The van der Waals surface area contributed by atoms with Gasteiger partial charge in [0.25, 0.3) is 0 Å². The van der Waals surface area contributed by atoms with E-state index >= 15 is 0 Å². The molecular formula is C35H57NO6. The van der Waals surface area contributed by atoms with E-state index in [1.165, 1.54) is 51.9 Å². The van der Waals surface area contributed by atoms with Gasteiger partial charge in [0.05, 0.1) is 17.8 Å². The Morgan fingerprint density at radius 3 is 2.36 bits per heavy atom. The van der Waals surface area contributed by atoms with Gasteiger partial charge in [-0.2, -0.15) is 0 Å². The third-order valence-corrected chi connectivity index (χ3v) is 14.6. The molecule has 1 saturated heterocycles. The highest BCUT2D eigenvalue weighted by Gasteiger charge is 2.81. The Morgan fingerprint density at radius 1 is 0.952 bits per heavy atom. The van der Waals surface area contributed by atoms with Crippen LogP contribution in [0.3, 0.4) is 0 Å². The topological polar surface area (TPSA) is 94.1 Å². The predicted molar refractivity (Wildman–Crippen MR) is 161 cm³/mol. The first-order chi connectivity index (χ1) is 19.7. The summed E-state index contributed by atoms with van der Waals surface area (Å²) in [6.07, 6.45) is 14.1. The number of esters is 1. The monoisotopic (exact) mass is 587 g/mol. The fourth-order valence-corrected chi connectivity index (χ4v) is 12.4. The lowest BCUT2D eigenvalue weighted by molar-refractivity contribution is -0.200. The molecule has 0 aromatic carbocycles. The number of aliphatic hydroxyl groups is 1. The second kappa shape index (κ2) is 9.58. The molecular weight excluding hydrogens is 530 g/mol. The number of ether oxygens (including phenoxy) is 3. The molecule has 1 amide bonds. The Kier molecular flexibility index (Phi) is 6.70. The molecule has 1 heterocycles. The minimum Gasteiger partial charge on any atom is -0.457 e. The number of alkyl carbamates (subject to hydrolysis) is 1. The fraction of sp³-hybridized carbons (Fsp3) is 0.943. The predicted octanol–water partition coefficient (Wildman–Crippen LogP) is 6.79. The Hall–Kier alpha value is -1.34. The number of fused-ring (bicyclic) bond motifs is 4. The van der Waals surface area contributed by atoms with Crippen LogP contribution in [0.5, 0.6) is 0 Å². The molecule has 1 aliphatic heterocycles. The lowest BCUT2D eigenvalue weighted by Gasteiger charge is -2.59. The van der Waals surface area contributed by atoms with Crippen molar-refractivity contribution >= 4 is 12.1 Å². The third kappa shape index (κ3) is 4.17. The van der Waals surface area contributed by atoms with Crippen molar-refractivity contribution in [3.05, 3.63) is 0 Å². The molecule has 2 spiro atoms. The van der Waals surface area contributed by atoms with Crippen LogP contribution in [-0.4, -0.2) is 53.2 Å². The summed E-state index contributed by atoms with van der Waals surface area (Å²) in [5.41, 5.74) is -0.00857. The third-order valence-electron chi connectivity index (χ3n) is 14.6. The zero-order chi connectivity index (χ0) is 29.9. The SMILES string of the molecule is CC(=O)O[C@@H](C1CCC2C(CC3C4CCC5C(C)(C)[C@@H](OC(=O)NC6CCC6)CC[C@@]56CC46CCC23C)O1)C(C)(C)O.[HH]. The molecule has 7 fully saturated rings. The van der Waals surface area contributed by atoms with Gasteiger partial charge in [-0.25, -0.2) is 4.79 Å². The minimum atomic E-state index is -1.14. The zero-order valence-electron chi connectivity index (χ0n) is 26.9. The van der Waals surface area contributed by atoms with Crippen molar-refractivity contribution in [1.82, 2.24) is 5.32 Å². The molecule has 0 radical (unpaired) electrons. The van der Waals surface area contributed by atoms with Crippen LogP contribution in [0.25, 0.3) is 0 Å². The Morgan fingerprint density at radius 2 is 1.69 bits per heavy atom. The summed E-state index contributed by atoms with van der Waals surface area (Å²) >= 11 is 0. The van der Waals surface area contributed by atoms with Crippen molar-refractivity contribution in [3.63, 3.8) is 0 Å². The van der Waals surface area contributed by atoms with Crippen molar-refractivity contribution < 1.29 is 30.3 Å². The van der Waals surface area contributed by atoms with Crippen LogP contribution in [0, 0.1) is 45.3 Å². The first kappa shape index (κ1) is 29.4. The van der Waals surface area contributed by atoms with Crippen LogP contribution in [-0.2, 0) is 19.0 Å². The molecule has 2 N–H and O–H groups in total. The van der Waals surface area contributed by atoms with Crippen LogP contribution in [0.1, 0.15) is 126 Å². The smallest absolute Gasteiger partial charge is 0.407 e. The first-order valence-corrected chi connectivity index (χ1v) is 17.2. The van der Waals surface area contributed by atoms with Gasteiger partial charge in [-0.1, -0.05) is 20.8 Å². The first-order valence-electron chi connectivity index (χ1n) is 17.2. The fourth-order valence-electron chi connectivity index (χ4n) is 12.4. The summed E-state index contributed by atoms with van der Waals surface area (Å²) in [7, 11) is 0. The molecule has 238 valence electrons. The number of carbonyl (C=O) groups excluding carboxylic acids is 2. The van der Waals surface area contributed by atoms with Gasteiger partial charge in [0.1, 0.15) is 6.10 Å². The number of hydrogen-bond donors (Lipinski definition) is 2. The molecule has 7 nitrogen and oxygen atoms in total. The highest BCUT2D eigenvalue weighted by Crippen LogP contribution is 2.87. The van der Waals surface area contributed by atoms with Crippen LogP contribution in [0.4, 0.5) is 4.79 Å². The standard InChI is InChI=1S/C35H55NO6.H2/c1-20(37)40-29(32(4,5)39)25-12-10-23-26(41-25)18-24-22-11-13-27-31(2,3)28(42-30(38)36-21-8-7-9-21)14-15-35(27)19-34(22,35)17-16-33(23,24)6;/h21-29,39H,7-19H2,1-6H3,(H,36,38);1H/t22?,23?,24?,25?,26?,27?,28-,29-,33?,34?,35+;/m0./s1. The van der Waals surface area contributed by atoms with Crippen LogP contribution < -0.4 is 5.32 Å². The van der Waals surface area contributed by atoms with E-state index in [0.29, 0.717) is 40.0 Å². The summed E-state index contributed by atoms with van der Waals surface area (Å²) in [5.74, 6) is 2.20. The van der Waals surface area contributed by atoms with Crippen molar-refractivity contribution in [2.24, 2.45) is 45.3 Å². The maximum Gasteiger partial charge on any atom is 0.407 e. The van der Waals surface area contributed by atoms with E-state index in [9.17, 15) is 14.7 Å². The van der Waals surface area contributed by atoms with E-state index in [0.717, 1.165) is 44.4 Å². The van der Waals surface area contributed by atoms with Gasteiger partial charge in [-0.3, -0.25) is 4.79 Å². The van der Waals surface area contributed by atoms with E-state index in [4.69, 9.17) is 14.2 Å².